The van der Waals surface area contributed by atoms with Gasteiger partial charge in [-0.2, -0.15) is 5.26 Å². The van der Waals surface area contributed by atoms with E-state index >= 15 is 0 Å². The summed E-state index contributed by atoms with van der Waals surface area (Å²) in [6, 6.07) is 18.4. The maximum atomic E-state index is 12.6. The molecular formula is C22H18ClN3O3S. The SMILES string of the molecule is N#CCCN(C(=O)COC(=O)Cc1csc(-c2ccccc2)n1)c1cccc(Cl)c1. The molecule has 0 aliphatic rings. The van der Waals surface area contributed by atoms with Crippen molar-refractivity contribution in [3.8, 4) is 16.6 Å². The Kier molecular flexibility index (Phi) is 7.55. The minimum atomic E-state index is -0.542. The van der Waals surface area contributed by atoms with E-state index in [1.165, 1.54) is 16.2 Å². The molecule has 0 unspecified atom stereocenters. The van der Waals surface area contributed by atoms with E-state index in [9.17, 15) is 9.59 Å². The number of amides is 1. The largest absolute Gasteiger partial charge is 0.455 e. The number of benzene rings is 2. The molecule has 1 amide bonds. The maximum Gasteiger partial charge on any atom is 0.312 e. The van der Waals surface area contributed by atoms with E-state index < -0.39 is 18.5 Å². The van der Waals surface area contributed by atoms with Crippen LogP contribution in [0.4, 0.5) is 5.69 Å². The van der Waals surface area contributed by atoms with Gasteiger partial charge in [0.1, 0.15) is 5.01 Å². The van der Waals surface area contributed by atoms with Crippen LogP contribution >= 0.6 is 22.9 Å². The highest BCUT2D eigenvalue weighted by atomic mass is 35.5. The third kappa shape index (κ3) is 5.89. The number of halogens is 1. The number of rotatable bonds is 8. The average molecular weight is 440 g/mol. The lowest BCUT2D eigenvalue weighted by Gasteiger charge is -2.21. The summed E-state index contributed by atoms with van der Waals surface area (Å²) in [7, 11) is 0. The molecule has 2 aromatic carbocycles. The van der Waals surface area contributed by atoms with Crippen LogP contribution in [0.2, 0.25) is 5.02 Å². The molecule has 0 aliphatic heterocycles. The van der Waals surface area contributed by atoms with Crippen LogP contribution in [-0.4, -0.2) is 30.0 Å². The molecule has 0 bridgehead atoms. The number of esters is 1. The monoisotopic (exact) mass is 439 g/mol. The van der Waals surface area contributed by atoms with Gasteiger partial charge in [0.2, 0.25) is 0 Å². The van der Waals surface area contributed by atoms with Gasteiger partial charge in [0.25, 0.3) is 5.91 Å². The van der Waals surface area contributed by atoms with Crippen LogP contribution in [0, 0.1) is 11.3 Å². The molecule has 30 heavy (non-hydrogen) atoms. The van der Waals surface area contributed by atoms with Crippen LogP contribution in [0.5, 0.6) is 0 Å². The standard InChI is InChI=1S/C22H18ClN3O3S/c23-17-8-4-9-19(12-17)26(11-5-10-24)20(27)14-29-21(28)13-18-15-30-22(25-18)16-6-2-1-3-7-16/h1-4,6-9,12,15H,5,11,13-14H2. The first-order chi connectivity index (χ1) is 14.6. The summed E-state index contributed by atoms with van der Waals surface area (Å²) >= 11 is 7.44. The minimum Gasteiger partial charge on any atom is -0.455 e. The second-order valence-electron chi connectivity index (χ2n) is 6.28. The lowest BCUT2D eigenvalue weighted by Crippen LogP contribution is -2.35. The Bertz CT molecular complexity index is 1060. The lowest BCUT2D eigenvalue weighted by atomic mass is 10.2. The zero-order chi connectivity index (χ0) is 21.3. The highest BCUT2D eigenvalue weighted by Gasteiger charge is 2.18. The zero-order valence-electron chi connectivity index (χ0n) is 16.0. The average Bonchev–Trinajstić information content (AvgIpc) is 3.21. The summed E-state index contributed by atoms with van der Waals surface area (Å²) in [5, 5.41) is 11.9. The van der Waals surface area contributed by atoms with Crippen molar-refractivity contribution in [2.75, 3.05) is 18.1 Å². The van der Waals surface area contributed by atoms with E-state index in [2.05, 4.69) is 4.98 Å². The summed E-state index contributed by atoms with van der Waals surface area (Å²) in [5.41, 5.74) is 2.12. The van der Waals surface area contributed by atoms with Gasteiger partial charge in [-0.3, -0.25) is 9.59 Å². The van der Waals surface area contributed by atoms with Crippen LogP contribution in [0.25, 0.3) is 10.6 Å². The molecule has 0 spiro atoms. The van der Waals surface area contributed by atoms with Gasteiger partial charge in [0.15, 0.2) is 6.61 Å². The van der Waals surface area contributed by atoms with Gasteiger partial charge in [0, 0.05) is 28.2 Å². The Morgan fingerprint density at radius 2 is 1.97 bits per heavy atom. The number of hydrogen-bond donors (Lipinski definition) is 0. The molecule has 0 fully saturated rings. The van der Waals surface area contributed by atoms with E-state index in [0.717, 1.165) is 10.6 Å². The Hall–Kier alpha value is -3.21. The summed E-state index contributed by atoms with van der Waals surface area (Å²) in [6.07, 6.45) is 0.124. The van der Waals surface area contributed by atoms with Gasteiger partial charge in [-0.25, -0.2) is 4.98 Å². The minimum absolute atomic E-state index is 0.0219. The molecule has 0 N–H and O–H groups in total. The Morgan fingerprint density at radius 1 is 1.17 bits per heavy atom. The summed E-state index contributed by atoms with van der Waals surface area (Å²) < 4.78 is 5.15. The van der Waals surface area contributed by atoms with Crippen molar-refractivity contribution in [1.29, 1.82) is 5.26 Å². The molecule has 152 valence electrons. The fourth-order valence-corrected chi connectivity index (χ4v) is 3.73. The first-order valence-corrected chi connectivity index (χ1v) is 10.4. The lowest BCUT2D eigenvalue weighted by molar-refractivity contribution is -0.147. The number of anilines is 1. The number of nitrogens with zero attached hydrogens (tertiary/aromatic N) is 3. The van der Waals surface area contributed by atoms with E-state index in [-0.39, 0.29) is 19.4 Å². The molecule has 0 saturated carbocycles. The first kappa shape index (κ1) is 21.5. The number of ether oxygens (including phenoxy) is 1. The molecule has 3 aromatic rings. The molecule has 1 heterocycles. The number of thiazole rings is 1. The van der Waals surface area contributed by atoms with Crippen LogP contribution in [-0.2, 0) is 20.7 Å². The number of carbonyl (C=O) groups is 2. The molecule has 0 radical (unpaired) electrons. The topological polar surface area (TPSA) is 83.3 Å². The number of nitriles is 1. The van der Waals surface area contributed by atoms with Crippen molar-refractivity contribution in [2.24, 2.45) is 0 Å². The van der Waals surface area contributed by atoms with Crippen molar-refractivity contribution >= 4 is 40.5 Å². The van der Waals surface area contributed by atoms with Crippen LogP contribution in [0.3, 0.4) is 0 Å². The van der Waals surface area contributed by atoms with Crippen LogP contribution in [0.1, 0.15) is 12.1 Å². The highest BCUT2D eigenvalue weighted by Crippen LogP contribution is 2.24. The number of carbonyl (C=O) groups excluding carboxylic acids is 2. The summed E-state index contributed by atoms with van der Waals surface area (Å²) in [5.74, 6) is -0.969. The predicted octanol–water partition coefficient (Wildman–Crippen LogP) is 4.50. The second-order valence-corrected chi connectivity index (χ2v) is 7.58. The van der Waals surface area contributed by atoms with Gasteiger partial charge in [-0.05, 0) is 18.2 Å². The van der Waals surface area contributed by atoms with Gasteiger partial charge in [-0.1, -0.05) is 48.0 Å². The Labute approximate surface area is 183 Å². The first-order valence-electron chi connectivity index (χ1n) is 9.15. The molecule has 1 aromatic heterocycles. The van der Waals surface area contributed by atoms with E-state index in [1.54, 1.807) is 29.6 Å². The molecular weight excluding hydrogens is 422 g/mol. The second kappa shape index (κ2) is 10.5. The third-order valence-corrected chi connectivity index (χ3v) is 5.30. The number of hydrogen-bond acceptors (Lipinski definition) is 6. The number of aromatic nitrogens is 1. The zero-order valence-corrected chi connectivity index (χ0v) is 17.5. The Morgan fingerprint density at radius 3 is 2.70 bits per heavy atom. The van der Waals surface area contributed by atoms with Crippen molar-refractivity contribution in [1.82, 2.24) is 4.98 Å². The van der Waals surface area contributed by atoms with Gasteiger partial charge in [-0.15, -0.1) is 11.3 Å². The fourth-order valence-electron chi connectivity index (χ4n) is 2.72. The molecule has 0 aliphatic carbocycles. The predicted molar refractivity (Wildman–Crippen MR) is 116 cm³/mol. The quantitative estimate of drug-likeness (QED) is 0.482. The van der Waals surface area contributed by atoms with Crippen molar-refractivity contribution in [2.45, 2.75) is 12.8 Å². The van der Waals surface area contributed by atoms with Gasteiger partial charge < -0.3 is 9.64 Å². The van der Waals surface area contributed by atoms with E-state index in [4.69, 9.17) is 21.6 Å². The molecule has 0 atom stereocenters. The van der Waals surface area contributed by atoms with Crippen molar-refractivity contribution in [3.05, 3.63) is 70.7 Å². The highest BCUT2D eigenvalue weighted by molar-refractivity contribution is 7.13. The smallest absolute Gasteiger partial charge is 0.312 e. The molecule has 6 nitrogen and oxygen atoms in total. The summed E-state index contributed by atoms with van der Waals surface area (Å²) in [4.78, 5) is 30.6. The van der Waals surface area contributed by atoms with Gasteiger partial charge in [0.05, 0.1) is 24.6 Å². The maximum absolute atomic E-state index is 12.6. The Balaban J connectivity index is 1.58. The van der Waals surface area contributed by atoms with Crippen LogP contribution in [0.15, 0.2) is 60.0 Å². The van der Waals surface area contributed by atoms with E-state index in [1.807, 2.05) is 36.4 Å². The van der Waals surface area contributed by atoms with Crippen molar-refractivity contribution < 1.29 is 14.3 Å². The van der Waals surface area contributed by atoms with Gasteiger partial charge >= 0.3 is 5.97 Å². The molecule has 8 heteroatoms. The summed E-state index contributed by atoms with van der Waals surface area (Å²) in [6.45, 7) is -0.244. The normalized spacial score (nSPS) is 10.3. The van der Waals surface area contributed by atoms with E-state index in [0.29, 0.717) is 16.4 Å². The molecule has 3 rings (SSSR count). The molecule has 0 saturated heterocycles. The van der Waals surface area contributed by atoms with Crippen molar-refractivity contribution in [3.63, 3.8) is 0 Å². The third-order valence-electron chi connectivity index (χ3n) is 4.12. The van der Waals surface area contributed by atoms with Crippen LogP contribution < -0.4 is 4.90 Å². The fraction of sp³-hybridized carbons (Fsp3) is 0.182.